The van der Waals surface area contributed by atoms with Gasteiger partial charge in [-0.25, -0.2) is 9.97 Å². The van der Waals surface area contributed by atoms with Gasteiger partial charge in [-0.05, 0) is 43.5 Å². The minimum absolute atomic E-state index is 0. The number of hydrogen-bond acceptors (Lipinski definition) is 8. The van der Waals surface area contributed by atoms with Crippen LogP contribution < -0.4 is 10.6 Å². The minimum Gasteiger partial charge on any atom is -0.379 e. The van der Waals surface area contributed by atoms with Crippen LogP contribution in [0, 0.1) is 6.92 Å². The highest BCUT2D eigenvalue weighted by molar-refractivity contribution is 7.15. The Morgan fingerprint density at radius 3 is 2.81 bits per heavy atom. The van der Waals surface area contributed by atoms with Crippen molar-refractivity contribution in [1.82, 2.24) is 19.8 Å². The summed E-state index contributed by atoms with van der Waals surface area (Å²) < 4.78 is 5.48. The topological polar surface area (TPSA) is 82.6 Å². The van der Waals surface area contributed by atoms with Crippen LogP contribution in [0.3, 0.4) is 0 Å². The summed E-state index contributed by atoms with van der Waals surface area (Å²) in [7, 11) is 0. The van der Waals surface area contributed by atoms with Crippen molar-refractivity contribution in [3.05, 3.63) is 41.4 Å². The first-order chi connectivity index (χ1) is 15.1. The largest absolute Gasteiger partial charge is 0.379 e. The molecule has 2 N–H and O–H groups in total. The number of nitrogens with one attached hydrogen (secondary N) is 2. The van der Waals surface area contributed by atoms with Crippen LogP contribution in [-0.2, 0) is 16.1 Å². The third-order valence-electron chi connectivity index (χ3n) is 5.51. The number of piperidine rings is 1. The normalized spacial score (nSPS) is 19.2. The van der Waals surface area contributed by atoms with Gasteiger partial charge in [-0.1, -0.05) is 6.58 Å². The molecule has 174 valence electrons. The first-order valence-electron chi connectivity index (χ1n) is 10.8. The lowest BCUT2D eigenvalue weighted by Gasteiger charge is -2.33. The molecular weight excluding hydrogens is 448 g/mol. The molecule has 0 bridgehead atoms. The van der Waals surface area contributed by atoms with Crippen molar-refractivity contribution in [2.24, 2.45) is 0 Å². The van der Waals surface area contributed by atoms with Crippen LogP contribution in [0.2, 0.25) is 0 Å². The number of likely N-dealkylation sites (tertiary alicyclic amines) is 1. The number of aryl methyl sites for hydroxylation is 1. The molecule has 0 spiro atoms. The predicted molar refractivity (Wildman–Crippen MR) is 131 cm³/mol. The molecule has 1 unspecified atom stereocenters. The molecule has 0 saturated carbocycles. The van der Waals surface area contributed by atoms with Gasteiger partial charge in [0.15, 0.2) is 5.13 Å². The first-order valence-corrected chi connectivity index (χ1v) is 11.6. The van der Waals surface area contributed by atoms with Crippen LogP contribution in [0.5, 0.6) is 0 Å². The van der Waals surface area contributed by atoms with Crippen LogP contribution in [-0.4, -0.2) is 71.1 Å². The van der Waals surface area contributed by atoms with Gasteiger partial charge in [-0.3, -0.25) is 9.69 Å². The molecular formula is C22H31ClN6O2S. The fourth-order valence-corrected chi connectivity index (χ4v) is 4.66. The quantitative estimate of drug-likeness (QED) is 0.590. The lowest BCUT2D eigenvalue weighted by atomic mass is 10.1. The van der Waals surface area contributed by atoms with Crippen molar-refractivity contribution < 1.29 is 9.53 Å². The van der Waals surface area contributed by atoms with E-state index in [9.17, 15) is 4.79 Å². The molecule has 1 atom stereocenters. The molecule has 2 aliphatic heterocycles. The molecule has 4 heterocycles. The first kappa shape index (κ1) is 24.4. The molecule has 0 aromatic carbocycles. The van der Waals surface area contributed by atoms with Gasteiger partial charge in [-0.2, -0.15) is 0 Å². The number of morpholine rings is 1. The Bertz CT molecular complexity index is 918. The van der Waals surface area contributed by atoms with E-state index in [0.717, 1.165) is 73.9 Å². The Morgan fingerprint density at radius 1 is 1.31 bits per heavy atom. The number of carbonyl (C=O) groups is 1. The van der Waals surface area contributed by atoms with E-state index in [1.54, 1.807) is 11.3 Å². The molecule has 32 heavy (non-hydrogen) atoms. The summed E-state index contributed by atoms with van der Waals surface area (Å²) >= 11 is 1.61. The van der Waals surface area contributed by atoms with Crippen molar-refractivity contribution >= 4 is 46.4 Å². The van der Waals surface area contributed by atoms with E-state index in [4.69, 9.17) is 9.72 Å². The van der Waals surface area contributed by atoms with Crippen LogP contribution in [0.4, 0.5) is 16.8 Å². The third-order valence-corrected chi connectivity index (χ3v) is 6.34. The summed E-state index contributed by atoms with van der Waals surface area (Å²) in [6.45, 7) is 11.3. The van der Waals surface area contributed by atoms with E-state index in [1.807, 2.05) is 18.0 Å². The molecule has 0 radical (unpaired) electrons. The van der Waals surface area contributed by atoms with Crippen molar-refractivity contribution in [3.8, 4) is 0 Å². The Labute approximate surface area is 199 Å². The van der Waals surface area contributed by atoms with Crippen molar-refractivity contribution in [3.63, 3.8) is 0 Å². The fraction of sp³-hybridized carbons (Fsp3) is 0.500. The molecule has 2 aliphatic rings. The Morgan fingerprint density at radius 2 is 2.09 bits per heavy atom. The van der Waals surface area contributed by atoms with E-state index in [-0.39, 0.29) is 24.4 Å². The van der Waals surface area contributed by atoms with Crippen LogP contribution in [0.1, 0.15) is 23.3 Å². The molecule has 0 aliphatic carbocycles. The molecule has 4 rings (SSSR count). The average molecular weight is 479 g/mol. The lowest BCUT2D eigenvalue weighted by molar-refractivity contribution is -0.127. The number of halogens is 1. The Kier molecular flexibility index (Phi) is 8.86. The van der Waals surface area contributed by atoms with Gasteiger partial charge in [0.25, 0.3) is 0 Å². The summed E-state index contributed by atoms with van der Waals surface area (Å²) in [5.74, 6) is 1.58. The number of pyridine rings is 1. The van der Waals surface area contributed by atoms with Crippen molar-refractivity contribution in [2.75, 3.05) is 50.0 Å². The van der Waals surface area contributed by atoms with Crippen LogP contribution >= 0.6 is 23.7 Å². The van der Waals surface area contributed by atoms with Gasteiger partial charge in [0.2, 0.25) is 5.91 Å². The maximum atomic E-state index is 12.0. The molecule has 2 aromatic heterocycles. The van der Waals surface area contributed by atoms with E-state index in [2.05, 4.69) is 39.2 Å². The summed E-state index contributed by atoms with van der Waals surface area (Å²) in [4.78, 5) is 26.6. The van der Waals surface area contributed by atoms with Crippen LogP contribution in [0.15, 0.2) is 31.0 Å². The molecule has 8 nitrogen and oxygen atoms in total. The molecule has 2 fully saturated rings. The summed E-state index contributed by atoms with van der Waals surface area (Å²) in [5, 5.41) is 7.74. The number of aromatic nitrogens is 2. The smallest absolute Gasteiger partial charge is 0.246 e. The zero-order valence-corrected chi connectivity index (χ0v) is 20.0. The van der Waals surface area contributed by atoms with Crippen LogP contribution in [0.25, 0.3) is 0 Å². The third kappa shape index (κ3) is 6.65. The van der Waals surface area contributed by atoms with Crippen molar-refractivity contribution in [1.29, 1.82) is 0 Å². The van der Waals surface area contributed by atoms with E-state index in [1.165, 1.54) is 11.6 Å². The maximum absolute atomic E-state index is 12.0. The van der Waals surface area contributed by atoms with Crippen molar-refractivity contribution in [2.45, 2.75) is 32.4 Å². The summed E-state index contributed by atoms with van der Waals surface area (Å²) in [5.41, 5.74) is 1.19. The van der Waals surface area contributed by atoms with Gasteiger partial charge in [0.1, 0.15) is 11.6 Å². The van der Waals surface area contributed by atoms with Gasteiger partial charge in [0.05, 0.1) is 13.2 Å². The second-order valence-corrected chi connectivity index (χ2v) is 9.24. The SMILES string of the molecule is C=CC(=O)N1CCCC(Nc2cc(CN3CCOCC3)cc(Nc3ncc(C)s3)n2)C1.Cl. The highest BCUT2D eigenvalue weighted by Crippen LogP contribution is 2.25. The number of rotatable bonds is 7. The molecule has 2 saturated heterocycles. The van der Waals surface area contributed by atoms with Gasteiger partial charge < -0.3 is 20.3 Å². The van der Waals surface area contributed by atoms with Gasteiger partial charge in [-0.15, -0.1) is 23.7 Å². The number of hydrogen-bond donors (Lipinski definition) is 2. The number of thiazole rings is 1. The number of ether oxygens (including phenoxy) is 1. The second kappa shape index (κ2) is 11.6. The second-order valence-electron chi connectivity index (χ2n) is 8.01. The standard InChI is InChI=1S/C22H30N6O2S.ClH/c1-3-21(29)28-6-4-5-18(15-28)24-19-11-17(14-27-7-9-30-10-8-27)12-20(25-19)26-22-23-13-16(2)31-22;/h3,11-13,18H,1,4-10,14-15H2,2H3,(H2,23,24,25,26);1H. The molecule has 2 aromatic rings. The molecule has 10 heteroatoms. The lowest BCUT2D eigenvalue weighted by Crippen LogP contribution is -2.44. The predicted octanol–water partition coefficient (Wildman–Crippen LogP) is 3.43. The van der Waals surface area contributed by atoms with E-state index >= 15 is 0 Å². The Hall–Kier alpha value is -2.20. The monoisotopic (exact) mass is 478 g/mol. The summed E-state index contributed by atoms with van der Waals surface area (Å²) in [6.07, 6.45) is 5.22. The Balaban J connectivity index is 0.00000289. The summed E-state index contributed by atoms with van der Waals surface area (Å²) in [6, 6.07) is 4.37. The number of carbonyl (C=O) groups excluding carboxylic acids is 1. The average Bonchev–Trinajstić information content (AvgIpc) is 3.18. The zero-order chi connectivity index (χ0) is 21.6. The highest BCUT2D eigenvalue weighted by Gasteiger charge is 2.23. The van der Waals surface area contributed by atoms with E-state index in [0.29, 0.717) is 6.54 Å². The number of anilines is 3. The van der Waals surface area contributed by atoms with E-state index < -0.39 is 0 Å². The zero-order valence-electron chi connectivity index (χ0n) is 18.4. The van der Waals surface area contributed by atoms with Gasteiger partial charge in [0, 0.05) is 49.8 Å². The van der Waals surface area contributed by atoms with Gasteiger partial charge >= 0.3 is 0 Å². The number of nitrogens with zero attached hydrogens (tertiary/aromatic N) is 4. The maximum Gasteiger partial charge on any atom is 0.246 e. The number of amides is 1. The fourth-order valence-electron chi connectivity index (χ4n) is 3.99. The minimum atomic E-state index is -0.0120. The highest BCUT2D eigenvalue weighted by atomic mass is 35.5. The molecule has 1 amide bonds.